The molecule has 0 fully saturated rings. The van der Waals surface area contributed by atoms with Crippen molar-refractivity contribution in [2.24, 2.45) is 0 Å². The van der Waals surface area contributed by atoms with E-state index in [4.69, 9.17) is 4.74 Å². The van der Waals surface area contributed by atoms with Gasteiger partial charge in [-0.3, -0.25) is 4.79 Å². The molecule has 3 nitrogen and oxygen atoms in total. The standard InChI is InChI=1S/C12H15NO2/c1-13(2)12(14)8-7-10-5-4-6-11(9-10)15-3/h4-9H,1-3H3. The third-order valence-electron chi connectivity index (χ3n) is 1.95. The fraction of sp³-hybridized carbons (Fsp3) is 0.250. The summed E-state index contributed by atoms with van der Waals surface area (Å²) >= 11 is 0. The first-order valence-electron chi connectivity index (χ1n) is 4.67. The Morgan fingerprint density at radius 2 is 2.13 bits per heavy atom. The topological polar surface area (TPSA) is 29.5 Å². The van der Waals surface area contributed by atoms with E-state index in [0.29, 0.717) is 0 Å². The molecule has 3 heteroatoms. The lowest BCUT2D eigenvalue weighted by atomic mass is 10.2. The van der Waals surface area contributed by atoms with Gasteiger partial charge in [0.15, 0.2) is 0 Å². The van der Waals surface area contributed by atoms with Gasteiger partial charge in [-0.1, -0.05) is 12.1 Å². The number of carbonyl (C=O) groups excluding carboxylic acids is 1. The Morgan fingerprint density at radius 3 is 2.73 bits per heavy atom. The van der Waals surface area contributed by atoms with Crippen molar-refractivity contribution < 1.29 is 9.53 Å². The molecular formula is C12H15NO2. The van der Waals surface area contributed by atoms with Crippen LogP contribution in [-0.2, 0) is 4.79 Å². The van der Waals surface area contributed by atoms with Crippen molar-refractivity contribution >= 4 is 12.0 Å². The molecule has 0 unspecified atom stereocenters. The molecule has 0 saturated carbocycles. The van der Waals surface area contributed by atoms with Gasteiger partial charge in [-0.15, -0.1) is 0 Å². The van der Waals surface area contributed by atoms with E-state index in [1.54, 1.807) is 27.3 Å². The SMILES string of the molecule is COc1cccc(C=CC(=O)N(C)C)c1. The second-order valence-electron chi connectivity index (χ2n) is 3.34. The lowest BCUT2D eigenvalue weighted by Crippen LogP contribution is -2.18. The van der Waals surface area contributed by atoms with Crippen molar-refractivity contribution in [2.45, 2.75) is 0 Å². The molecule has 1 amide bonds. The molecular weight excluding hydrogens is 190 g/mol. The number of nitrogens with zero attached hydrogens (tertiary/aromatic N) is 1. The minimum Gasteiger partial charge on any atom is -0.497 e. The van der Waals surface area contributed by atoms with E-state index in [-0.39, 0.29) is 5.91 Å². The highest BCUT2D eigenvalue weighted by atomic mass is 16.5. The number of hydrogen-bond acceptors (Lipinski definition) is 2. The largest absolute Gasteiger partial charge is 0.497 e. The molecule has 0 spiro atoms. The number of hydrogen-bond donors (Lipinski definition) is 0. The molecule has 0 aliphatic rings. The zero-order chi connectivity index (χ0) is 11.3. The van der Waals surface area contributed by atoms with Crippen LogP contribution in [0, 0.1) is 0 Å². The van der Waals surface area contributed by atoms with Crippen LogP contribution >= 0.6 is 0 Å². The van der Waals surface area contributed by atoms with Crippen LogP contribution in [0.5, 0.6) is 5.75 Å². The predicted molar refractivity (Wildman–Crippen MR) is 60.7 cm³/mol. The summed E-state index contributed by atoms with van der Waals surface area (Å²) in [7, 11) is 5.06. The highest BCUT2D eigenvalue weighted by Gasteiger charge is 1.97. The van der Waals surface area contributed by atoms with Crippen LogP contribution in [0.25, 0.3) is 6.08 Å². The van der Waals surface area contributed by atoms with Crippen molar-refractivity contribution in [1.29, 1.82) is 0 Å². The average Bonchev–Trinajstić information content (AvgIpc) is 2.26. The number of ether oxygens (including phenoxy) is 1. The minimum absolute atomic E-state index is 0.0298. The van der Waals surface area contributed by atoms with E-state index < -0.39 is 0 Å². The average molecular weight is 205 g/mol. The van der Waals surface area contributed by atoms with Gasteiger partial charge in [0.2, 0.25) is 5.91 Å². The van der Waals surface area contributed by atoms with Crippen LogP contribution < -0.4 is 4.74 Å². The number of amides is 1. The molecule has 1 aromatic rings. The van der Waals surface area contributed by atoms with E-state index >= 15 is 0 Å². The Morgan fingerprint density at radius 1 is 1.40 bits per heavy atom. The molecule has 0 N–H and O–H groups in total. The first-order valence-corrected chi connectivity index (χ1v) is 4.67. The molecule has 0 radical (unpaired) electrons. The van der Waals surface area contributed by atoms with Gasteiger partial charge in [-0.05, 0) is 23.8 Å². The smallest absolute Gasteiger partial charge is 0.246 e. The maximum Gasteiger partial charge on any atom is 0.246 e. The van der Waals surface area contributed by atoms with E-state index in [1.807, 2.05) is 24.3 Å². The van der Waals surface area contributed by atoms with Crippen LogP contribution in [0.2, 0.25) is 0 Å². The van der Waals surface area contributed by atoms with Gasteiger partial charge in [-0.2, -0.15) is 0 Å². The molecule has 1 rings (SSSR count). The summed E-state index contributed by atoms with van der Waals surface area (Å²) in [6.45, 7) is 0. The Labute approximate surface area is 90.0 Å². The second kappa shape index (κ2) is 5.20. The maximum atomic E-state index is 11.3. The van der Waals surface area contributed by atoms with E-state index in [1.165, 1.54) is 11.0 Å². The maximum absolute atomic E-state index is 11.3. The van der Waals surface area contributed by atoms with E-state index in [9.17, 15) is 4.79 Å². The van der Waals surface area contributed by atoms with Gasteiger partial charge in [0.1, 0.15) is 5.75 Å². The van der Waals surface area contributed by atoms with Crippen LogP contribution in [0.4, 0.5) is 0 Å². The second-order valence-corrected chi connectivity index (χ2v) is 3.34. The van der Waals surface area contributed by atoms with Gasteiger partial charge in [-0.25, -0.2) is 0 Å². The van der Waals surface area contributed by atoms with Crippen molar-refractivity contribution in [3.63, 3.8) is 0 Å². The lowest BCUT2D eigenvalue weighted by molar-refractivity contribution is -0.123. The molecule has 15 heavy (non-hydrogen) atoms. The summed E-state index contributed by atoms with van der Waals surface area (Å²) < 4.78 is 5.08. The number of benzene rings is 1. The molecule has 0 bridgehead atoms. The van der Waals surface area contributed by atoms with Crippen LogP contribution in [0.3, 0.4) is 0 Å². The summed E-state index contributed by atoms with van der Waals surface area (Å²) in [4.78, 5) is 12.8. The monoisotopic (exact) mass is 205 g/mol. The molecule has 80 valence electrons. The normalized spacial score (nSPS) is 10.3. The lowest BCUT2D eigenvalue weighted by Gasteiger charge is -2.05. The fourth-order valence-electron chi connectivity index (χ4n) is 1.06. The Balaban J connectivity index is 2.76. The summed E-state index contributed by atoms with van der Waals surface area (Å²) in [6, 6.07) is 7.55. The summed E-state index contributed by atoms with van der Waals surface area (Å²) in [5.74, 6) is 0.757. The van der Waals surface area contributed by atoms with Gasteiger partial charge >= 0.3 is 0 Å². The molecule has 0 aliphatic heterocycles. The highest BCUT2D eigenvalue weighted by Crippen LogP contribution is 2.13. The zero-order valence-electron chi connectivity index (χ0n) is 9.23. The van der Waals surface area contributed by atoms with Crippen molar-refractivity contribution in [3.05, 3.63) is 35.9 Å². The van der Waals surface area contributed by atoms with Crippen molar-refractivity contribution in [3.8, 4) is 5.75 Å². The zero-order valence-corrected chi connectivity index (χ0v) is 9.23. The van der Waals surface area contributed by atoms with Gasteiger partial charge in [0, 0.05) is 20.2 Å². The van der Waals surface area contributed by atoms with Crippen LogP contribution in [0.15, 0.2) is 30.3 Å². The summed E-state index contributed by atoms with van der Waals surface area (Å²) in [6.07, 6.45) is 3.31. The molecule has 0 atom stereocenters. The first-order chi connectivity index (χ1) is 7.13. The third-order valence-corrected chi connectivity index (χ3v) is 1.95. The van der Waals surface area contributed by atoms with Gasteiger partial charge < -0.3 is 9.64 Å². The number of rotatable bonds is 3. The fourth-order valence-corrected chi connectivity index (χ4v) is 1.06. The van der Waals surface area contributed by atoms with Gasteiger partial charge in [0.05, 0.1) is 7.11 Å². The highest BCUT2D eigenvalue weighted by molar-refractivity contribution is 5.91. The van der Waals surface area contributed by atoms with Crippen molar-refractivity contribution in [2.75, 3.05) is 21.2 Å². The molecule has 0 saturated heterocycles. The van der Waals surface area contributed by atoms with Gasteiger partial charge in [0.25, 0.3) is 0 Å². The molecule has 0 aromatic heterocycles. The Bertz CT molecular complexity index is 370. The molecule has 1 aromatic carbocycles. The van der Waals surface area contributed by atoms with E-state index in [2.05, 4.69) is 0 Å². The Kier molecular flexibility index (Phi) is 3.92. The molecule has 0 heterocycles. The summed E-state index contributed by atoms with van der Waals surface area (Å²) in [5, 5.41) is 0. The Hall–Kier alpha value is -1.77. The molecule has 0 aliphatic carbocycles. The quantitative estimate of drug-likeness (QED) is 0.704. The number of likely N-dealkylation sites (N-methyl/N-ethyl adjacent to an activating group) is 1. The number of carbonyl (C=O) groups is 1. The first kappa shape index (κ1) is 11.3. The minimum atomic E-state index is -0.0298. The predicted octanol–water partition coefficient (Wildman–Crippen LogP) is 1.80. The third kappa shape index (κ3) is 3.46. The summed E-state index contributed by atoms with van der Waals surface area (Å²) in [5.41, 5.74) is 0.949. The van der Waals surface area contributed by atoms with E-state index in [0.717, 1.165) is 11.3 Å². The van der Waals surface area contributed by atoms with Crippen molar-refractivity contribution in [1.82, 2.24) is 4.90 Å². The number of methoxy groups -OCH3 is 1. The van der Waals surface area contributed by atoms with Crippen LogP contribution in [0.1, 0.15) is 5.56 Å². The van der Waals surface area contributed by atoms with Crippen LogP contribution in [-0.4, -0.2) is 32.0 Å².